The van der Waals surface area contributed by atoms with Crippen molar-refractivity contribution in [2.75, 3.05) is 0 Å². The van der Waals surface area contributed by atoms with Gasteiger partial charge in [-0.1, -0.05) is 0 Å². The molecule has 0 heterocycles. The van der Waals surface area contributed by atoms with Gasteiger partial charge in [0.15, 0.2) is 23.2 Å². The Kier molecular flexibility index (Phi) is 3.52. The van der Waals surface area contributed by atoms with Crippen LogP contribution in [-0.4, -0.2) is 5.11 Å². The van der Waals surface area contributed by atoms with Gasteiger partial charge in [0.05, 0.1) is 5.56 Å². The topological polar surface area (TPSA) is 29.5 Å². The van der Waals surface area contributed by atoms with Crippen molar-refractivity contribution < 1.29 is 31.8 Å². The molecule has 0 fully saturated rings. The smallest absolute Gasteiger partial charge is 0.426 e. The van der Waals surface area contributed by atoms with E-state index in [-0.39, 0.29) is 6.07 Å². The van der Waals surface area contributed by atoms with Gasteiger partial charge in [0.1, 0.15) is 5.75 Å². The number of phenolic OH excluding ortho intramolecular Hbond substituents is 1. The van der Waals surface area contributed by atoms with Gasteiger partial charge in [-0.25, -0.2) is 13.2 Å². The molecule has 0 aliphatic carbocycles. The first-order valence-corrected chi connectivity index (χ1v) is 5.30. The second kappa shape index (κ2) is 4.99. The molecule has 0 bridgehead atoms. The predicted octanol–water partition coefficient (Wildman–Crippen LogP) is 3.94. The van der Waals surface area contributed by atoms with Crippen LogP contribution in [0, 0.1) is 17.5 Å². The van der Waals surface area contributed by atoms with Gasteiger partial charge in [0.25, 0.3) is 0 Å². The molecule has 0 amide bonds. The first-order valence-electron chi connectivity index (χ1n) is 5.30. The van der Waals surface area contributed by atoms with Gasteiger partial charge in [-0.3, -0.25) is 0 Å². The molecule has 0 aliphatic heterocycles. The van der Waals surface area contributed by atoms with Crippen molar-refractivity contribution in [3.05, 3.63) is 59.4 Å². The van der Waals surface area contributed by atoms with Crippen LogP contribution in [0.5, 0.6) is 11.5 Å². The molecule has 2 rings (SSSR count). The van der Waals surface area contributed by atoms with E-state index in [9.17, 15) is 22.0 Å². The first kappa shape index (κ1) is 14.1. The standard InChI is InChI=1S/C13H7F5O2/c14-9-3-1-7(5-10(9)15)13(17,18)20-12-4-2-8(19)6-11(12)16/h1-6,19H. The number of benzene rings is 2. The molecular formula is C13H7F5O2. The van der Waals surface area contributed by atoms with E-state index in [0.29, 0.717) is 18.2 Å². The van der Waals surface area contributed by atoms with Gasteiger partial charge >= 0.3 is 6.11 Å². The third-order valence-electron chi connectivity index (χ3n) is 2.41. The maximum atomic E-state index is 13.7. The van der Waals surface area contributed by atoms with Crippen molar-refractivity contribution in [3.63, 3.8) is 0 Å². The Bertz CT molecular complexity index is 643. The number of aromatic hydroxyl groups is 1. The van der Waals surface area contributed by atoms with Crippen LogP contribution in [0.15, 0.2) is 36.4 Å². The van der Waals surface area contributed by atoms with Crippen LogP contribution in [0.1, 0.15) is 5.56 Å². The Morgan fingerprint density at radius 3 is 2.15 bits per heavy atom. The molecule has 106 valence electrons. The van der Waals surface area contributed by atoms with E-state index in [2.05, 4.69) is 4.74 Å². The van der Waals surface area contributed by atoms with Crippen molar-refractivity contribution in [2.45, 2.75) is 6.11 Å². The normalized spacial score (nSPS) is 11.4. The van der Waals surface area contributed by atoms with E-state index < -0.39 is 40.6 Å². The molecule has 0 radical (unpaired) electrons. The summed E-state index contributed by atoms with van der Waals surface area (Å²) in [7, 11) is 0. The van der Waals surface area contributed by atoms with Gasteiger partial charge in [0.2, 0.25) is 0 Å². The number of phenols is 1. The summed E-state index contributed by atoms with van der Waals surface area (Å²) >= 11 is 0. The maximum Gasteiger partial charge on any atom is 0.426 e. The SMILES string of the molecule is Oc1ccc(OC(F)(F)c2ccc(F)c(F)c2)c(F)c1. The molecule has 2 aromatic carbocycles. The minimum Gasteiger partial charge on any atom is -0.508 e. The predicted molar refractivity (Wildman–Crippen MR) is 58.9 cm³/mol. The van der Waals surface area contributed by atoms with Gasteiger partial charge in [-0.05, 0) is 30.3 Å². The Hall–Kier alpha value is -2.31. The van der Waals surface area contributed by atoms with Crippen LogP contribution in [0.4, 0.5) is 22.0 Å². The summed E-state index contributed by atoms with van der Waals surface area (Å²) in [6, 6.07) is 3.70. The Labute approximate surface area is 110 Å². The molecule has 20 heavy (non-hydrogen) atoms. The average molecular weight is 290 g/mol. The molecule has 0 atom stereocenters. The summed E-state index contributed by atoms with van der Waals surface area (Å²) in [5, 5.41) is 8.95. The van der Waals surface area contributed by atoms with Crippen LogP contribution in [-0.2, 0) is 6.11 Å². The lowest BCUT2D eigenvalue weighted by Gasteiger charge is -2.18. The van der Waals surface area contributed by atoms with Crippen LogP contribution < -0.4 is 4.74 Å². The van der Waals surface area contributed by atoms with Gasteiger partial charge in [0, 0.05) is 6.07 Å². The van der Waals surface area contributed by atoms with E-state index in [1.807, 2.05) is 0 Å². The quantitative estimate of drug-likeness (QED) is 0.868. The highest BCUT2D eigenvalue weighted by Gasteiger charge is 2.36. The summed E-state index contributed by atoms with van der Waals surface area (Å²) in [5.41, 5.74) is -0.969. The number of hydrogen-bond donors (Lipinski definition) is 1. The Balaban J connectivity index is 2.32. The van der Waals surface area contributed by atoms with Crippen LogP contribution >= 0.6 is 0 Å². The summed E-state index contributed by atoms with van der Waals surface area (Å²) in [6.45, 7) is 0. The fourth-order valence-electron chi connectivity index (χ4n) is 1.45. The monoisotopic (exact) mass is 290 g/mol. The van der Waals surface area contributed by atoms with Crippen molar-refractivity contribution in [1.82, 2.24) is 0 Å². The highest BCUT2D eigenvalue weighted by molar-refractivity contribution is 5.33. The minimum absolute atomic E-state index is 0.258. The zero-order valence-corrected chi connectivity index (χ0v) is 9.71. The number of hydrogen-bond acceptors (Lipinski definition) is 2. The number of alkyl halides is 2. The summed E-state index contributed by atoms with van der Waals surface area (Å²) < 4.78 is 70.4. The lowest BCUT2D eigenvalue weighted by molar-refractivity contribution is -0.187. The van der Waals surface area contributed by atoms with Gasteiger partial charge in [-0.15, -0.1) is 0 Å². The van der Waals surface area contributed by atoms with E-state index >= 15 is 0 Å². The molecule has 2 aromatic rings. The molecule has 0 aromatic heterocycles. The molecule has 0 saturated heterocycles. The summed E-state index contributed by atoms with van der Waals surface area (Å²) in [5.74, 6) is -5.28. The first-order chi connectivity index (χ1) is 9.29. The summed E-state index contributed by atoms with van der Waals surface area (Å²) in [6.07, 6.45) is -4.06. The molecule has 1 N–H and O–H groups in total. The van der Waals surface area contributed by atoms with E-state index in [4.69, 9.17) is 5.11 Å². The third kappa shape index (κ3) is 2.81. The fraction of sp³-hybridized carbons (Fsp3) is 0.0769. The largest absolute Gasteiger partial charge is 0.508 e. The Morgan fingerprint density at radius 2 is 1.55 bits per heavy atom. The molecule has 0 spiro atoms. The average Bonchev–Trinajstić information content (AvgIpc) is 2.36. The van der Waals surface area contributed by atoms with Gasteiger partial charge < -0.3 is 9.84 Å². The zero-order chi connectivity index (χ0) is 14.9. The maximum absolute atomic E-state index is 13.7. The highest BCUT2D eigenvalue weighted by Crippen LogP contribution is 2.34. The zero-order valence-electron chi connectivity index (χ0n) is 9.71. The van der Waals surface area contributed by atoms with Gasteiger partial charge in [-0.2, -0.15) is 8.78 Å². The van der Waals surface area contributed by atoms with Crippen LogP contribution in [0.2, 0.25) is 0 Å². The van der Waals surface area contributed by atoms with Crippen molar-refractivity contribution in [2.24, 2.45) is 0 Å². The van der Waals surface area contributed by atoms with Crippen LogP contribution in [0.25, 0.3) is 0 Å². The van der Waals surface area contributed by atoms with E-state index in [1.165, 1.54) is 0 Å². The fourth-order valence-corrected chi connectivity index (χ4v) is 1.45. The second-order valence-electron chi connectivity index (χ2n) is 3.86. The lowest BCUT2D eigenvalue weighted by atomic mass is 10.2. The molecule has 2 nitrogen and oxygen atoms in total. The molecule has 0 saturated carbocycles. The molecular weight excluding hydrogens is 283 g/mol. The number of rotatable bonds is 3. The number of halogens is 5. The van der Waals surface area contributed by atoms with Crippen LogP contribution in [0.3, 0.4) is 0 Å². The van der Waals surface area contributed by atoms with E-state index in [1.54, 1.807) is 0 Å². The van der Waals surface area contributed by atoms with E-state index in [0.717, 1.165) is 12.1 Å². The minimum atomic E-state index is -4.06. The second-order valence-corrected chi connectivity index (χ2v) is 3.86. The molecule has 0 unspecified atom stereocenters. The van der Waals surface area contributed by atoms with Crippen molar-refractivity contribution in [3.8, 4) is 11.5 Å². The molecule has 7 heteroatoms. The Morgan fingerprint density at radius 1 is 0.850 bits per heavy atom. The summed E-state index contributed by atoms with van der Waals surface area (Å²) in [4.78, 5) is 0. The number of ether oxygens (including phenoxy) is 1. The third-order valence-corrected chi connectivity index (χ3v) is 2.41. The van der Waals surface area contributed by atoms with Crippen molar-refractivity contribution in [1.29, 1.82) is 0 Å². The highest BCUT2D eigenvalue weighted by atomic mass is 19.3. The molecule has 0 aliphatic rings. The lowest BCUT2D eigenvalue weighted by Crippen LogP contribution is -2.22. The van der Waals surface area contributed by atoms with Crippen molar-refractivity contribution >= 4 is 0 Å².